The topological polar surface area (TPSA) is 38.3 Å². The SMILES string of the molecule is C.CC.CC.Cc1ccc(/C=C/C(=O)Nc2cc(Oc3ccccc3)ccc2C)cc1. The summed E-state index contributed by atoms with van der Waals surface area (Å²) in [7, 11) is 0. The second-order valence-corrected chi connectivity index (χ2v) is 6.13. The number of hydrogen-bond donors (Lipinski definition) is 1. The normalized spacial score (nSPS) is 9.35. The molecule has 31 heavy (non-hydrogen) atoms. The smallest absolute Gasteiger partial charge is 0.248 e. The van der Waals surface area contributed by atoms with Crippen molar-refractivity contribution in [3.63, 3.8) is 0 Å². The van der Waals surface area contributed by atoms with Gasteiger partial charge in [0.15, 0.2) is 0 Å². The summed E-state index contributed by atoms with van der Waals surface area (Å²) in [6.45, 7) is 12.0. The molecule has 0 bridgehead atoms. The number of rotatable bonds is 5. The van der Waals surface area contributed by atoms with E-state index in [0.717, 1.165) is 22.6 Å². The third-order valence-corrected chi connectivity index (χ3v) is 3.95. The Hall–Kier alpha value is -3.33. The fraction of sp³-hybridized carbons (Fsp3) is 0.250. The minimum atomic E-state index is -0.175. The Labute approximate surface area is 188 Å². The van der Waals surface area contributed by atoms with Crippen molar-refractivity contribution in [2.75, 3.05) is 5.32 Å². The second-order valence-electron chi connectivity index (χ2n) is 6.13. The van der Waals surface area contributed by atoms with E-state index in [1.807, 2.05) is 114 Å². The fourth-order valence-electron chi connectivity index (χ4n) is 2.45. The quantitative estimate of drug-likeness (QED) is 0.421. The standard InChI is InChI=1S/C23H21NO2.2C2H6.CH4/c1-17-8-11-19(12-9-17)13-15-23(25)24-22-16-21(14-10-18(22)2)26-20-6-4-3-5-7-20;2*1-2;/h3-16H,1-2H3,(H,24,25);2*1-2H3;1H4/b15-13+;;;. The van der Waals surface area contributed by atoms with Crippen molar-refractivity contribution in [3.8, 4) is 11.5 Å². The molecule has 3 aromatic rings. The molecule has 0 aliphatic heterocycles. The van der Waals surface area contributed by atoms with Crippen LogP contribution in [0, 0.1) is 13.8 Å². The molecule has 0 saturated carbocycles. The highest BCUT2D eigenvalue weighted by molar-refractivity contribution is 6.02. The molecule has 0 unspecified atom stereocenters. The van der Waals surface area contributed by atoms with Gasteiger partial charge in [0.25, 0.3) is 0 Å². The predicted molar refractivity (Wildman–Crippen MR) is 136 cm³/mol. The largest absolute Gasteiger partial charge is 0.457 e. The van der Waals surface area contributed by atoms with Crippen LogP contribution in [0.25, 0.3) is 6.08 Å². The van der Waals surface area contributed by atoms with Gasteiger partial charge in [0.2, 0.25) is 5.91 Å². The van der Waals surface area contributed by atoms with E-state index in [9.17, 15) is 4.79 Å². The minimum absolute atomic E-state index is 0. The van der Waals surface area contributed by atoms with Crippen molar-refractivity contribution in [2.45, 2.75) is 49.0 Å². The molecule has 0 aliphatic carbocycles. The Morgan fingerprint density at radius 2 is 1.42 bits per heavy atom. The zero-order valence-corrected chi connectivity index (χ0v) is 18.9. The van der Waals surface area contributed by atoms with Crippen molar-refractivity contribution >= 4 is 17.7 Å². The maximum absolute atomic E-state index is 12.2. The highest BCUT2D eigenvalue weighted by Crippen LogP contribution is 2.26. The fourth-order valence-corrected chi connectivity index (χ4v) is 2.45. The first-order valence-electron chi connectivity index (χ1n) is 10.5. The van der Waals surface area contributed by atoms with Crippen molar-refractivity contribution < 1.29 is 9.53 Å². The van der Waals surface area contributed by atoms with Crippen molar-refractivity contribution in [2.24, 2.45) is 0 Å². The molecule has 0 atom stereocenters. The van der Waals surface area contributed by atoms with Crippen LogP contribution in [0.1, 0.15) is 51.8 Å². The number of amides is 1. The summed E-state index contributed by atoms with van der Waals surface area (Å²) in [5, 5.41) is 2.91. The molecule has 3 rings (SSSR count). The molecular weight excluding hydrogens is 382 g/mol. The third-order valence-electron chi connectivity index (χ3n) is 3.95. The number of aryl methyl sites for hydroxylation is 2. The molecule has 0 heterocycles. The first kappa shape index (κ1) is 27.7. The predicted octanol–water partition coefficient (Wildman–Crippen LogP) is 8.44. The van der Waals surface area contributed by atoms with Crippen molar-refractivity contribution in [3.05, 3.63) is 95.6 Å². The molecule has 166 valence electrons. The van der Waals surface area contributed by atoms with Gasteiger partial charge in [-0.15, -0.1) is 0 Å². The lowest BCUT2D eigenvalue weighted by atomic mass is 10.1. The highest BCUT2D eigenvalue weighted by Gasteiger charge is 2.05. The van der Waals surface area contributed by atoms with E-state index in [-0.39, 0.29) is 13.3 Å². The van der Waals surface area contributed by atoms with E-state index in [1.165, 1.54) is 11.6 Å². The number of carbonyl (C=O) groups is 1. The molecule has 1 amide bonds. The van der Waals surface area contributed by atoms with Gasteiger partial charge in [-0.25, -0.2) is 0 Å². The van der Waals surface area contributed by atoms with E-state index >= 15 is 0 Å². The monoisotopic (exact) mass is 419 g/mol. The zero-order valence-electron chi connectivity index (χ0n) is 18.9. The molecule has 0 saturated heterocycles. The van der Waals surface area contributed by atoms with Crippen LogP contribution in [0.2, 0.25) is 0 Å². The van der Waals surface area contributed by atoms with Crippen LogP contribution >= 0.6 is 0 Å². The van der Waals surface area contributed by atoms with E-state index in [4.69, 9.17) is 4.74 Å². The summed E-state index contributed by atoms with van der Waals surface area (Å²) in [5.41, 5.74) is 3.89. The first-order chi connectivity index (χ1) is 14.6. The van der Waals surface area contributed by atoms with Gasteiger partial charge in [-0.05, 0) is 49.2 Å². The average Bonchev–Trinajstić information content (AvgIpc) is 2.79. The molecule has 0 spiro atoms. The second kappa shape index (κ2) is 15.5. The number of anilines is 1. The first-order valence-corrected chi connectivity index (χ1v) is 10.5. The van der Waals surface area contributed by atoms with E-state index < -0.39 is 0 Å². The number of para-hydroxylation sites is 1. The van der Waals surface area contributed by atoms with Crippen LogP contribution in [-0.2, 0) is 4.79 Å². The molecule has 0 aromatic heterocycles. The third kappa shape index (κ3) is 9.81. The number of benzene rings is 3. The number of carbonyl (C=O) groups excluding carboxylic acids is 1. The van der Waals surface area contributed by atoms with Crippen LogP contribution in [0.4, 0.5) is 5.69 Å². The van der Waals surface area contributed by atoms with Crippen LogP contribution in [0.5, 0.6) is 11.5 Å². The van der Waals surface area contributed by atoms with Crippen molar-refractivity contribution in [1.29, 1.82) is 0 Å². The zero-order chi connectivity index (χ0) is 22.4. The summed E-state index contributed by atoms with van der Waals surface area (Å²) in [4.78, 5) is 12.2. The molecular formula is C28H37NO2. The van der Waals surface area contributed by atoms with E-state index in [2.05, 4.69) is 5.32 Å². The molecule has 3 heteroatoms. The molecule has 0 aliphatic rings. The minimum Gasteiger partial charge on any atom is -0.457 e. The molecule has 0 fully saturated rings. The Morgan fingerprint density at radius 3 is 2.03 bits per heavy atom. The number of nitrogens with one attached hydrogen (secondary N) is 1. The Bertz CT molecular complexity index is 914. The lowest BCUT2D eigenvalue weighted by Gasteiger charge is -2.10. The van der Waals surface area contributed by atoms with Gasteiger partial charge in [-0.1, -0.05) is 89.2 Å². The Kier molecular flexibility index (Phi) is 13.8. The molecule has 0 radical (unpaired) electrons. The van der Waals surface area contributed by atoms with E-state index in [0.29, 0.717) is 5.75 Å². The van der Waals surface area contributed by atoms with Gasteiger partial charge >= 0.3 is 0 Å². The maximum atomic E-state index is 12.2. The average molecular weight is 420 g/mol. The van der Waals surface area contributed by atoms with E-state index in [1.54, 1.807) is 6.08 Å². The lowest BCUT2D eigenvalue weighted by molar-refractivity contribution is -0.111. The van der Waals surface area contributed by atoms with Crippen LogP contribution in [0.15, 0.2) is 78.9 Å². The van der Waals surface area contributed by atoms with Gasteiger partial charge in [0.1, 0.15) is 11.5 Å². The summed E-state index contributed by atoms with van der Waals surface area (Å²) < 4.78 is 5.83. The molecule has 3 aromatic carbocycles. The maximum Gasteiger partial charge on any atom is 0.248 e. The molecule has 3 nitrogen and oxygen atoms in total. The summed E-state index contributed by atoms with van der Waals surface area (Å²) >= 11 is 0. The van der Waals surface area contributed by atoms with Gasteiger partial charge in [-0.2, -0.15) is 0 Å². The van der Waals surface area contributed by atoms with Crippen LogP contribution in [-0.4, -0.2) is 5.91 Å². The molecule has 1 N–H and O–H groups in total. The van der Waals surface area contributed by atoms with Crippen LogP contribution in [0.3, 0.4) is 0 Å². The Morgan fingerprint density at radius 1 is 0.806 bits per heavy atom. The summed E-state index contributed by atoms with van der Waals surface area (Å²) in [6.07, 6.45) is 3.34. The highest BCUT2D eigenvalue weighted by atomic mass is 16.5. The number of ether oxygens (including phenoxy) is 1. The lowest BCUT2D eigenvalue weighted by Crippen LogP contribution is -2.09. The summed E-state index contributed by atoms with van der Waals surface area (Å²) in [6, 6.07) is 23.2. The van der Waals surface area contributed by atoms with Crippen molar-refractivity contribution in [1.82, 2.24) is 0 Å². The summed E-state index contributed by atoms with van der Waals surface area (Å²) in [5.74, 6) is 1.26. The van der Waals surface area contributed by atoms with Gasteiger partial charge in [0.05, 0.1) is 0 Å². The number of hydrogen-bond acceptors (Lipinski definition) is 2. The van der Waals surface area contributed by atoms with Gasteiger partial charge < -0.3 is 10.1 Å². The van der Waals surface area contributed by atoms with Gasteiger partial charge in [-0.3, -0.25) is 4.79 Å². The van der Waals surface area contributed by atoms with Crippen LogP contribution < -0.4 is 10.1 Å². The Balaban J connectivity index is 0.00000170. The van der Waals surface area contributed by atoms with Gasteiger partial charge in [0, 0.05) is 17.8 Å².